The van der Waals surface area contributed by atoms with Crippen LogP contribution >= 0.6 is 0 Å². The molecule has 13 rings (SSSR count). The van der Waals surface area contributed by atoms with Gasteiger partial charge in [-0.2, -0.15) is 0 Å². The summed E-state index contributed by atoms with van der Waals surface area (Å²) in [6, 6.07) is 31.0. The van der Waals surface area contributed by atoms with Crippen molar-refractivity contribution in [2.45, 2.75) is 58.7 Å². The van der Waals surface area contributed by atoms with Crippen molar-refractivity contribution in [2.24, 2.45) is 0 Å². The monoisotopic (exact) mass is 734 g/mol. The van der Waals surface area contributed by atoms with E-state index in [4.69, 9.17) is 43.4 Å². The van der Waals surface area contributed by atoms with Gasteiger partial charge in [0.05, 0.1) is 55.5 Å². The Morgan fingerprint density at radius 3 is 1.02 bits per heavy atom. The average molecular weight is 735 g/mol. The topological polar surface area (TPSA) is 97.3 Å². The summed E-state index contributed by atoms with van der Waals surface area (Å²) in [5.41, 5.74) is 12.0. The molecule has 278 valence electrons. The SMILES string of the molecule is COc1cc2c3cc1OCc1cccc(n1)CN1Cc4cccc(n4)COc4cc(c(cc4OC)C3)Cc3cc(OC)c(cc3C2)OCc2cccc(n2)C1. The van der Waals surface area contributed by atoms with Gasteiger partial charge in [0.1, 0.15) is 19.8 Å². The molecule has 10 heteroatoms. The van der Waals surface area contributed by atoms with Gasteiger partial charge >= 0.3 is 0 Å². The molecule has 6 aromatic rings. The molecule has 0 unspecified atom stereocenters. The quantitative estimate of drug-likeness (QED) is 0.181. The van der Waals surface area contributed by atoms with Crippen molar-refractivity contribution in [2.75, 3.05) is 21.3 Å². The Bertz CT molecular complexity index is 2130. The second-order valence-corrected chi connectivity index (χ2v) is 14.2. The van der Waals surface area contributed by atoms with Crippen molar-refractivity contribution in [3.63, 3.8) is 0 Å². The van der Waals surface area contributed by atoms with E-state index in [0.717, 1.165) is 67.5 Å². The molecule has 16 bridgehead atoms. The highest BCUT2D eigenvalue weighted by molar-refractivity contribution is 5.58. The van der Waals surface area contributed by atoms with Gasteiger partial charge in [-0.25, -0.2) is 0 Å². The van der Waals surface area contributed by atoms with Gasteiger partial charge in [0, 0.05) is 19.6 Å². The summed E-state index contributed by atoms with van der Waals surface area (Å²) in [7, 11) is 5.06. The molecule has 7 aliphatic rings. The van der Waals surface area contributed by atoms with Crippen molar-refractivity contribution in [3.8, 4) is 34.5 Å². The first kappa shape index (κ1) is 34.6. The number of aromatic nitrogens is 3. The molecule has 3 aromatic heterocycles. The van der Waals surface area contributed by atoms with Crippen molar-refractivity contribution in [1.29, 1.82) is 0 Å². The maximum absolute atomic E-state index is 6.55. The number of hydrogen-bond acceptors (Lipinski definition) is 10. The predicted molar refractivity (Wildman–Crippen MR) is 206 cm³/mol. The first-order valence-corrected chi connectivity index (χ1v) is 18.5. The van der Waals surface area contributed by atoms with Crippen LogP contribution in [0.25, 0.3) is 0 Å². The zero-order chi connectivity index (χ0) is 37.3. The number of methoxy groups -OCH3 is 3. The fraction of sp³-hybridized carbons (Fsp3) is 0.267. The smallest absolute Gasteiger partial charge is 0.162 e. The van der Waals surface area contributed by atoms with E-state index >= 15 is 0 Å². The van der Waals surface area contributed by atoms with Crippen LogP contribution in [0.5, 0.6) is 34.5 Å². The third kappa shape index (κ3) is 7.37. The van der Waals surface area contributed by atoms with Crippen LogP contribution < -0.4 is 28.4 Å². The lowest BCUT2D eigenvalue weighted by Gasteiger charge is -2.22. The van der Waals surface area contributed by atoms with Gasteiger partial charge in [-0.3, -0.25) is 19.9 Å². The molecule has 0 fully saturated rings. The minimum atomic E-state index is 0.282. The largest absolute Gasteiger partial charge is 0.493 e. The molecule has 0 saturated carbocycles. The van der Waals surface area contributed by atoms with Crippen LogP contribution in [0.2, 0.25) is 0 Å². The van der Waals surface area contributed by atoms with Gasteiger partial charge in [0.15, 0.2) is 34.5 Å². The fourth-order valence-electron chi connectivity index (χ4n) is 7.76. The normalized spacial score (nSPS) is 14.9. The molecule has 0 spiro atoms. The molecule has 55 heavy (non-hydrogen) atoms. The Hall–Kier alpha value is -6.13. The lowest BCUT2D eigenvalue weighted by Crippen LogP contribution is -2.24. The maximum Gasteiger partial charge on any atom is 0.162 e. The van der Waals surface area contributed by atoms with E-state index in [0.29, 0.717) is 73.4 Å². The van der Waals surface area contributed by atoms with E-state index in [1.54, 1.807) is 21.3 Å². The number of ether oxygens (including phenoxy) is 6. The van der Waals surface area contributed by atoms with Gasteiger partial charge < -0.3 is 28.4 Å². The zero-order valence-corrected chi connectivity index (χ0v) is 31.3. The highest BCUT2D eigenvalue weighted by Gasteiger charge is 2.24. The van der Waals surface area contributed by atoms with Crippen LogP contribution in [0.15, 0.2) is 91.0 Å². The summed E-state index contributed by atoms with van der Waals surface area (Å²) < 4.78 is 37.6. The third-order valence-corrected chi connectivity index (χ3v) is 10.5. The summed E-state index contributed by atoms with van der Waals surface area (Å²) in [6.45, 7) is 2.55. The lowest BCUT2D eigenvalue weighted by molar-refractivity contribution is 0.234. The van der Waals surface area contributed by atoms with E-state index in [-0.39, 0.29) is 19.8 Å². The molecule has 0 radical (unpaired) electrons. The van der Waals surface area contributed by atoms with E-state index in [2.05, 4.69) is 59.5 Å². The van der Waals surface area contributed by atoms with Crippen LogP contribution in [0.1, 0.15) is 67.5 Å². The fourth-order valence-corrected chi connectivity index (χ4v) is 7.76. The van der Waals surface area contributed by atoms with Gasteiger partial charge in [0.25, 0.3) is 0 Å². The van der Waals surface area contributed by atoms with E-state index < -0.39 is 0 Å². The number of hydrogen-bond donors (Lipinski definition) is 0. The third-order valence-electron chi connectivity index (χ3n) is 10.5. The Morgan fingerprint density at radius 1 is 0.418 bits per heavy atom. The van der Waals surface area contributed by atoms with Crippen LogP contribution in [0, 0.1) is 0 Å². The summed E-state index contributed by atoms with van der Waals surface area (Å²) >= 11 is 0. The number of fused-ring (bicyclic) bond motifs is 3. The predicted octanol–water partition coefficient (Wildman–Crippen LogP) is 7.55. The molecule has 1 aliphatic carbocycles. The van der Waals surface area contributed by atoms with Crippen molar-refractivity contribution in [1.82, 2.24) is 19.9 Å². The van der Waals surface area contributed by atoms with Gasteiger partial charge in [-0.1, -0.05) is 18.2 Å². The van der Waals surface area contributed by atoms with Gasteiger partial charge in [0.2, 0.25) is 0 Å². The maximum atomic E-state index is 6.55. The summed E-state index contributed by atoms with van der Waals surface area (Å²) in [5, 5.41) is 0. The van der Waals surface area contributed by atoms with E-state index in [9.17, 15) is 0 Å². The summed E-state index contributed by atoms with van der Waals surface area (Å²) in [6.07, 6.45) is 1.93. The second kappa shape index (κ2) is 14.9. The van der Waals surface area contributed by atoms with Crippen LogP contribution in [0.4, 0.5) is 0 Å². The molecule has 0 N–H and O–H groups in total. The number of pyridine rings is 3. The molecule has 0 amide bonds. The van der Waals surface area contributed by atoms with Crippen LogP contribution in [-0.2, 0) is 58.7 Å². The van der Waals surface area contributed by atoms with E-state index in [1.807, 2.05) is 36.4 Å². The first-order valence-electron chi connectivity index (χ1n) is 18.5. The summed E-state index contributed by atoms with van der Waals surface area (Å²) in [4.78, 5) is 17.5. The minimum Gasteiger partial charge on any atom is -0.493 e. The number of rotatable bonds is 3. The van der Waals surface area contributed by atoms with Crippen LogP contribution in [0.3, 0.4) is 0 Å². The van der Waals surface area contributed by atoms with Crippen molar-refractivity contribution < 1.29 is 28.4 Å². The lowest BCUT2D eigenvalue weighted by atomic mass is 9.94. The van der Waals surface area contributed by atoms with Gasteiger partial charge in [-0.05, 0) is 125 Å². The molecule has 9 heterocycles. The number of nitrogens with zero attached hydrogens (tertiary/aromatic N) is 4. The second-order valence-electron chi connectivity index (χ2n) is 14.2. The average Bonchev–Trinajstić information content (AvgIpc) is 3.25. The Kier molecular flexibility index (Phi) is 9.41. The molecule has 3 aromatic carbocycles. The van der Waals surface area contributed by atoms with Crippen LogP contribution in [-0.4, -0.2) is 41.2 Å². The molecule has 6 aliphatic heterocycles. The summed E-state index contributed by atoms with van der Waals surface area (Å²) in [5.74, 6) is 3.98. The first-order chi connectivity index (χ1) is 27.0. The zero-order valence-electron chi connectivity index (χ0n) is 31.3. The van der Waals surface area contributed by atoms with E-state index in [1.165, 1.54) is 0 Å². The van der Waals surface area contributed by atoms with Gasteiger partial charge in [-0.15, -0.1) is 0 Å². The number of benzene rings is 3. The molecule has 10 nitrogen and oxygen atoms in total. The Morgan fingerprint density at radius 2 is 0.709 bits per heavy atom. The van der Waals surface area contributed by atoms with Crippen molar-refractivity contribution in [3.05, 3.63) is 159 Å². The minimum absolute atomic E-state index is 0.282. The highest BCUT2D eigenvalue weighted by Crippen LogP contribution is 2.41. The Labute approximate surface area is 320 Å². The highest BCUT2D eigenvalue weighted by atomic mass is 16.5. The molecular weight excluding hydrogens is 693 g/mol. The standard InChI is InChI=1S/C45H42N4O6/c1-50-40-16-28-13-32-20-44-42(52-3)18-30(32)15-33-21-45-41(51-2)17-29(33)14-31(28)19-43(40)53-25-37-10-4-7-34(46-37)22-49(23-35-8-5-11-38(47-35)26-54-44)24-36-9-6-12-39(48-36)27-55-45/h4-12,16-21H,13-15,22-27H2,1-3H3. The Balaban J connectivity index is 1.29. The molecule has 0 saturated heterocycles. The molecular formula is C45H42N4O6. The van der Waals surface area contributed by atoms with Crippen molar-refractivity contribution >= 4 is 0 Å². The molecule has 0 atom stereocenters.